The van der Waals surface area contributed by atoms with Crippen molar-refractivity contribution >= 4 is 34.2 Å². The number of aromatic nitrogens is 1. The van der Waals surface area contributed by atoms with Crippen LogP contribution in [-0.4, -0.2) is 42.0 Å². The standard InChI is InChI=1S/C23H22ClN3O5/c24-17-5-1-2-6-18(17)26-23(29)27(12-16-4-3-7-30-16)11-15-8-14-9-20-21(32-13-31-20)10-19(14)25-22(15)28/h1-2,5-6,8-10,16H,3-4,7,11-13H2,(H,25,28)(H,26,29). The van der Waals surface area contributed by atoms with Gasteiger partial charge in [0.2, 0.25) is 6.79 Å². The third-order valence-corrected chi connectivity index (χ3v) is 5.96. The van der Waals surface area contributed by atoms with E-state index in [9.17, 15) is 9.59 Å². The third kappa shape index (κ3) is 4.24. The van der Waals surface area contributed by atoms with Gasteiger partial charge in [-0.1, -0.05) is 23.7 Å². The number of urea groups is 1. The number of hydrogen-bond donors (Lipinski definition) is 2. The van der Waals surface area contributed by atoms with E-state index in [0.717, 1.165) is 18.2 Å². The molecule has 1 fully saturated rings. The Hall–Kier alpha value is -3.23. The Morgan fingerprint density at radius 1 is 1.19 bits per heavy atom. The molecule has 2 aromatic carbocycles. The minimum atomic E-state index is -0.348. The number of carbonyl (C=O) groups is 1. The number of carbonyl (C=O) groups excluding carboxylic acids is 1. The first kappa shape index (κ1) is 20.7. The summed E-state index contributed by atoms with van der Waals surface area (Å²) >= 11 is 6.21. The highest BCUT2D eigenvalue weighted by Crippen LogP contribution is 2.35. The summed E-state index contributed by atoms with van der Waals surface area (Å²) in [4.78, 5) is 30.4. The molecule has 0 spiro atoms. The molecule has 3 heterocycles. The van der Waals surface area contributed by atoms with Gasteiger partial charge in [0.15, 0.2) is 11.5 Å². The Morgan fingerprint density at radius 3 is 2.78 bits per heavy atom. The summed E-state index contributed by atoms with van der Waals surface area (Å²) in [5.41, 5.74) is 1.36. The molecule has 1 unspecified atom stereocenters. The molecule has 2 aliphatic rings. The van der Waals surface area contributed by atoms with Crippen molar-refractivity contribution in [1.82, 2.24) is 9.88 Å². The van der Waals surface area contributed by atoms with Crippen molar-refractivity contribution in [2.75, 3.05) is 25.3 Å². The van der Waals surface area contributed by atoms with E-state index in [1.807, 2.05) is 6.07 Å². The summed E-state index contributed by atoms with van der Waals surface area (Å²) in [7, 11) is 0. The van der Waals surface area contributed by atoms with Gasteiger partial charge in [0.25, 0.3) is 5.56 Å². The van der Waals surface area contributed by atoms with E-state index in [1.54, 1.807) is 41.3 Å². The Labute approximate surface area is 189 Å². The average molecular weight is 456 g/mol. The lowest BCUT2D eigenvalue weighted by Gasteiger charge is -2.26. The molecule has 1 saturated heterocycles. The topological polar surface area (TPSA) is 92.9 Å². The van der Waals surface area contributed by atoms with Gasteiger partial charge in [-0.25, -0.2) is 4.79 Å². The number of rotatable bonds is 5. The van der Waals surface area contributed by atoms with E-state index in [2.05, 4.69) is 10.3 Å². The van der Waals surface area contributed by atoms with Crippen molar-refractivity contribution in [3.8, 4) is 11.5 Å². The molecule has 9 heteroatoms. The van der Waals surface area contributed by atoms with Crippen LogP contribution in [0.3, 0.4) is 0 Å². The smallest absolute Gasteiger partial charge is 0.322 e. The molecule has 32 heavy (non-hydrogen) atoms. The second-order valence-electron chi connectivity index (χ2n) is 7.84. The van der Waals surface area contributed by atoms with Crippen molar-refractivity contribution in [2.45, 2.75) is 25.5 Å². The van der Waals surface area contributed by atoms with Gasteiger partial charge in [-0.2, -0.15) is 0 Å². The molecular weight excluding hydrogens is 434 g/mol. The van der Waals surface area contributed by atoms with E-state index in [0.29, 0.717) is 46.4 Å². The minimum Gasteiger partial charge on any atom is -0.454 e. The van der Waals surface area contributed by atoms with Crippen LogP contribution in [0.25, 0.3) is 10.9 Å². The lowest BCUT2D eigenvalue weighted by molar-refractivity contribution is 0.0818. The predicted molar refractivity (Wildman–Crippen MR) is 121 cm³/mol. The summed E-state index contributed by atoms with van der Waals surface area (Å²) in [6, 6.07) is 12.0. The van der Waals surface area contributed by atoms with E-state index in [4.69, 9.17) is 25.8 Å². The zero-order valence-corrected chi connectivity index (χ0v) is 18.0. The molecule has 8 nitrogen and oxygen atoms in total. The number of halogens is 1. The number of H-pyrrole nitrogens is 1. The molecule has 0 radical (unpaired) electrons. The van der Waals surface area contributed by atoms with Crippen molar-refractivity contribution in [3.63, 3.8) is 0 Å². The van der Waals surface area contributed by atoms with Crippen LogP contribution >= 0.6 is 11.6 Å². The third-order valence-electron chi connectivity index (χ3n) is 5.63. The molecule has 0 aliphatic carbocycles. The normalized spacial score (nSPS) is 17.0. The fourth-order valence-electron chi connectivity index (χ4n) is 3.97. The SMILES string of the molecule is O=C(Nc1ccccc1Cl)N(Cc1cc2cc3c(cc2[nH]c1=O)OCO3)CC1CCCO1. The van der Waals surface area contributed by atoms with Crippen LogP contribution in [0.2, 0.25) is 5.02 Å². The highest BCUT2D eigenvalue weighted by atomic mass is 35.5. The van der Waals surface area contributed by atoms with Crippen molar-refractivity contribution < 1.29 is 19.0 Å². The number of para-hydroxylation sites is 1. The van der Waals surface area contributed by atoms with Gasteiger partial charge < -0.3 is 29.4 Å². The van der Waals surface area contributed by atoms with Crippen LogP contribution in [-0.2, 0) is 11.3 Å². The largest absolute Gasteiger partial charge is 0.454 e. The number of nitrogens with zero attached hydrogens (tertiary/aromatic N) is 1. The first-order chi connectivity index (χ1) is 15.6. The summed E-state index contributed by atoms with van der Waals surface area (Å²) in [5.74, 6) is 1.23. The van der Waals surface area contributed by atoms with Crippen molar-refractivity contribution in [3.05, 3.63) is 63.4 Å². The zero-order chi connectivity index (χ0) is 22.1. The lowest BCUT2D eigenvalue weighted by Crippen LogP contribution is -2.40. The molecule has 166 valence electrons. The number of ether oxygens (including phenoxy) is 3. The van der Waals surface area contributed by atoms with Gasteiger partial charge in [-0.3, -0.25) is 4.79 Å². The fraction of sp³-hybridized carbons (Fsp3) is 0.304. The Balaban J connectivity index is 1.43. The lowest BCUT2D eigenvalue weighted by atomic mass is 10.1. The molecular formula is C23H22ClN3O5. The van der Waals surface area contributed by atoms with E-state index >= 15 is 0 Å². The molecule has 0 bridgehead atoms. The summed E-state index contributed by atoms with van der Waals surface area (Å²) < 4.78 is 16.6. The Morgan fingerprint density at radius 2 is 2.00 bits per heavy atom. The molecule has 1 aromatic heterocycles. The predicted octanol–water partition coefficient (Wildman–Crippen LogP) is 4.12. The Bertz CT molecular complexity index is 1220. The summed E-state index contributed by atoms with van der Waals surface area (Å²) in [6.07, 6.45) is 1.75. The van der Waals surface area contributed by atoms with Gasteiger partial charge in [-0.05, 0) is 37.1 Å². The highest BCUT2D eigenvalue weighted by Gasteiger charge is 2.24. The number of aromatic amines is 1. The number of pyridine rings is 1. The van der Waals surface area contributed by atoms with Crippen LogP contribution < -0.4 is 20.3 Å². The molecule has 2 N–H and O–H groups in total. The van der Waals surface area contributed by atoms with Crippen LogP contribution in [0.4, 0.5) is 10.5 Å². The average Bonchev–Trinajstić information content (AvgIpc) is 3.45. The maximum Gasteiger partial charge on any atom is 0.322 e. The van der Waals surface area contributed by atoms with Crippen molar-refractivity contribution in [2.24, 2.45) is 0 Å². The zero-order valence-electron chi connectivity index (χ0n) is 17.2. The van der Waals surface area contributed by atoms with E-state index in [1.165, 1.54) is 0 Å². The van der Waals surface area contributed by atoms with Crippen molar-refractivity contribution in [1.29, 1.82) is 0 Å². The number of hydrogen-bond acceptors (Lipinski definition) is 5. The summed E-state index contributed by atoms with van der Waals surface area (Å²) in [5, 5.41) is 4.09. The molecule has 2 aliphatic heterocycles. The van der Waals surface area contributed by atoms with Gasteiger partial charge in [0.1, 0.15) is 0 Å². The molecule has 3 aromatic rings. The van der Waals surface area contributed by atoms with Gasteiger partial charge in [0, 0.05) is 30.2 Å². The first-order valence-electron chi connectivity index (χ1n) is 10.4. The monoisotopic (exact) mass is 455 g/mol. The Kier molecular flexibility index (Phi) is 5.63. The molecule has 0 saturated carbocycles. The summed E-state index contributed by atoms with van der Waals surface area (Å²) in [6.45, 7) is 1.32. The van der Waals surface area contributed by atoms with Gasteiger partial charge >= 0.3 is 6.03 Å². The molecule has 2 amide bonds. The maximum atomic E-state index is 13.1. The number of benzene rings is 2. The van der Waals surface area contributed by atoms with Gasteiger partial charge in [-0.15, -0.1) is 0 Å². The molecule has 1 atom stereocenters. The molecule has 5 rings (SSSR count). The number of fused-ring (bicyclic) bond motifs is 2. The minimum absolute atomic E-state index is 0.0691. The van der Waals surface area contributed by atoms with Crippen LogP contribution in [0.1, 0.15) is 18.4 Å². The number of nitrogens with one attached hydrogen (secondary N) is 2. The number of anilines is 1. The quantitative estimate of drug-likeness (QED) is 0.603. The first-order valence-corrected chi connectivity index (χ1v) is 10.8. The van der Waals surface area contributed by atoms with Crippen LogP contribution in [0.15, 0.2) is 47.3 Å². The van der Waals surface area contributed by atoms with E-state index < -0.39 is 0 Å². The van der Waals surface area contributed by atoms with E-state index in [-0.39, 0.29) is 31.0 Å². The second-order valence-corrected chi connectivity index (χ2v) is 8.25. The van der Waals surface area contributed by atoms with Crippen LogP contribution in [0, 0.1) is 0 Å². The maximum absolute atomic E-state index is 13.1. The number of amides is 2. The van der Waals surface area contributed by atoms with Gasteiger partial charge in [0.05, 0.1) is 28.9 Å². The van der Waals surface area contributed by atoms with Crippen LogP contribution in [0.5, 0.6) is 11.5 Å². The second kappa shape index (κ2) is 8.72. The fourth-order valence-corrected chi connectivity index (χ4v) is 4.16. The highest BCUT2D eigenvalue weighted by molar-refractivity contribution is 6.33.